The molecule has 2 aliphatic rings. The Morgan fingerprint density at radius 2 is 2.17 bits per heavy atom. The van der Waals surface area contributed by atoms with E-state index in [2.05, 4.69) is 44.5 Å². The van der Waals surface area contributed by atoms with Gasteiger partial charge in [0, 0.05) is 51.2 Å². The van der Waals surface area contributed by atoms with E-state index in [0.717, 1.165) is 34.0 Å². The number of anilines is 2. The van der Waals surface area contributed by atoms with Crippen molar-refractivity contribution in [3.63, 3.8) is 0 Å². The zero-order valence-electron chi connectivity index (χ0n) is 21.9. The molecule has 206 valence electrons. The van der Waals surface area contributed by atoms with Crippen LogP contribution < -0.4 is 15.4 Å². The summed E-state index contributed by atoms with van der Waals surface area (Å²) in [5.74, 6) is 0.373. The molecule has 0 radical (unpaired) electrons. The van der Waals surface area contributed by atoms with Crippen molar-refractivity contribution >= 4 is 57.9 Å². The molecule has 2 N–H and O–H groups in total. The molecule has 40 heavy (non-hydrogen) atoms. The molecule has 0 saturated heterocycles. The van der Waals surface area contributed by atoms with Crippen LogP contribution in [0.4, 0.5) is 11.4 Å². The summed E-state index contributed by atoms with van der Waals surface area (Å²) >= 11 is 3.26. The maximum atomic E-state index is 13.1. The second kappa shape index (κ2) is 12.6. The van der Waals surface area contributed by atoms with Crippen molar-refractivity contribution in [2.45, 2.75) is 36.0 Å². The van der Waals surface area contributed by atoms with Crippen molar-refractivity contribution in [3.8, 4) is 5.88 Å². The van der Waals surface area contributed by atoms with Gasteiger partial charge in [0.15, 0.2) is 0 Å². The fourth-order valence-corrected chi connectivity index (χ4v) is 6.62. The predicted octanol–water partition coefficient (Wildman–Crippen LogP) is 5.53. The molecule has 3 heterocycles. The molecular weight excluding hydrogens is 548 g/mol. The molecule has 2 amide bonds. The van der Waals surface area contributed by atoms with Gasteiger partial charge in [-0.2, -0.15) is 0 Å². The second-order valence-electron chi connectivity index (χ2n) is 9.40. The third-order valence-corrected chi connectivity index (χ3v) is 8.94. The van der Waals surface area contributed by atoms with E-state index in [1.165, 1.54) is 19.1 Å². The number of thioether (sulfide) groups is 1. The number of nitrogens with one attached hydrogen (secondary N) is 2. The van der Waals surface area contributed by atoms with Crippen LogP contribution in [0.3, 0.4) is 0 Å². The highest BCUT2D eigenvalue weighted by molar-refractivity contribution is 7.99. The highest BCUT2D eigenvalue weighted by atomic mass is 32.2. The summed E-state index contributed by atoms with van der Waals surface area (Å²) < 4.78 is 7.10. The van der Waals surface area contributed by atoms with Gasteiger partial charge >= 0.3 is 5.91 Å². The normalized spacial score (nSPS) is 16.6. The quantitative estimate of drug-likeness (QED) is 0.248. The maximum Gasteiger partial charge on any atom is 0.301 e. The molecule has 1 atom stereocenters. The lowest BCUT2D eigenvalue weighted by Crippen LogP contribution is -2.27. The van der Waals surface area contributed by atoms with E-state index in [4.69, 9.17) is 4.74 Å². The first-order valence-electron chi connectivity index (χ1n) is 12.7. The summed E-state index contributed by atoms with van der Waals surface area (Å²) in [7, 11) is 1.54. The summed E-state index contributed by atoms with van der Waals surface area (Å²) in [6.07, 6.45) is 5.55. The number of ether oxygens (including phenoxy) is 1. The minimum Gasteiger partial charge on any atom is -0.481 e. The van der Waals surface area contributed by atoms with Crippen LogP contribution in [0.2, 0.25) is 0 Å². The number of hydrogen-bond donors (Lipinski definition) is 2. The predicted molar refractivity (Wildman–Crippen MR) is 159 cm³/mol. The Morgan fingerprint density at radius 3 is 2.95 bits per heavy atom. The van der Waals surface area contributed by atoms with Crippen molar-refractivity contribution < 1.29 is 14.3 Å². The number of methoxy groups -OCH3 is 1. The molecule has 1 aromatic carbocycles. The third-order valence-electron chi connectivity index (χ3n) is 6.50. The van der Waals surface area contributed by atoms with Gasteiger partial charge in [0.2, 0.25) is 5.88 Å². The summed E-state index contributed by atoms with van der Waals surface area (Å²) in [4.78, 5) is 45.8. The lowest BCUT2D eigenvalue weighted by molar-refractivity contribution is -0.118. The van der Waals surface area contributed by atoms with Crippen LogP contribution in [0.25, 0.3) is 11.0 Å². The number of benzene rings is 1. The van der Waals surface area contributed by atoms with Crippen molar-refractivity contribution in [2.75, 3.05) is 30.0 Å². The Kier molecular flexibility index (Phi) is 8.78. The number of rotatable bonds is 9. The van der Waals surface area contributed by atoms with Crippen LogP contribution in [0.15, 0.2) is 76.6 Å². The number of carbonyl (C=O) groups is 2. The number of aromatic nitrogens is 2. The second-order valence-corrected chi connectivity index (χ2v) is 11.8. The Balaban J connectivity index is 1.24. The van der Waals surface area contributed by atoms with Crippen molar-refractivity contribution in [1.29, 1.82) is 0 Å². The average molecular weight is 577 g/mol. The van der Waals surface area contributed by atoms with E-state index in [0.29, 0.717) is 47.6 Å². The van der Waals surface area contributed by atoms with E-state index in [-0.39, 0.29) is 17.7 Å². The SMILES string of the molecule is C=C1CSc2ccc(CN(CC(=O)N=O)SC3CC=C(C(=O)Nc4ccnc5ccc(OC)nc45)CC3)cc2N1. The van der Waals surface area contributed by atoms with Gasteiger partial charge in [-0.15, -0.1) is 16.7 Å². The van der Waals surface area contributed by atoms with E-state index >= 15 is 0 Å². The van der Waals surface area contributed by atoms with Crippen LogP contribution in [0.5, 0.6) is 5.88 Å². The molecule has 10 nitrogen and oxygen atoms in total. The molecule has 5 rings (SSSR count). The van der Waals surface area contributed by atoms with Gasteiger partial charge in [-0.3, -0.25) is 14.6 Å². The minimum atomic E-state index is -0.714. The number of allylic oxidation sites excluding steroid dienone is 1. The third kappa shape index (κ3) is 6.69. The van der Waals surface area contributed by atoms with Gasteiger partial charge in [0.25, 0.3) is 5.91 Å². The molecule has 12 heteroatoms. The van der Waals surface area contributed by atoms with Crippen molar-refractivity contribution in [1.82, 2.24) is 14.3 Å². The zero-order valence-corrected chi connectivity index (χ0v) is 23.5. The first-order chi connectivity index (χ1) is 19.4. The molecular formula is C28H28N6O4S2. The van der Waals surface area contributed by atoms with Gasteiger partial charge in [-0.25, -0.2) is 9.29 Å². The van der Waals surface area contributed by atoms with Gasteiger partial charge in [0.1, 0.15) is 5.52 Å². The first kappa shape index (κ1) is 27.8. The largest absolute Gasteiger partial charge is 0.481 e. The standard InChI is InChI=1S/C28H28N6O4S2/c1-17-16-39-24-9-3-18(13-23(24)30-17)14-34(15-25(35)33-37)40-20-6-4-19(5-7-20)28(36)31-22-11-12-29-21-8-10-26(38-2)32-27(21)22/h3-4,8-13,20,30H,1,5-7,14-16H2,2H3,(H,29,31,36). The van der Waals surface area contributed by atoms with Gasteiger partial charge in [-0.1, -0.05) is 30.7 Å². The molecule has 0 spiro atoms. The average Bonchev–Trinajstić information content (AvgIpc) is 2.97. The topological polar surface area (TPSA) is 126 Å². The minimum absolute atomic E-state index is 0.0841. The zero-order chi connectivity index (χ0) is 28.1. The van der Waals surface area contributed by atoms with E-state index in [1.54, 1.807) is 36.2 Å². The van der Waals surface area contributed by atoms with Crippen molar-refractivity contribution in [3.05, 3.63) is 77.0 Å². The monoisotopic (exact) mass is 576 g/mol. The lowest BCUT2D eigenvalue weighted by Gasteiger charge is -2.28. The Hall–Kier alpha value is -3.74. The molecule has 2 aromatic heterocycles. The van der Waals surface area contributed by atoms with Gasteiger partial charge < -0.3 is 15.4 Å². The number of nitroso groups, excluding NO2 is 1. The number of fused-ring (bicyclic) bond motifs is 2. The fourth-order valence-electron chi connectivity index (χ4n) is 4.55. The van der Waals surface area contributed by atoms with Crippen LogP contribution in [-0.4, -0.2) is 50.7 Å². The van der Waals surface area contributed by atoms with Crippen LogP contribution >= 0.6 is 23.7 Å². The molecule has 0 fully saturated rings. The number of amides is 2. The van der Waals surface area contributed by atoms with E-state index in [1.807, 2.05) is 16.4 Å². The summed E-state index contributed by atoms with van der Waals surface area (Å²) in [5.41, 5.74) is 5.43. The summed E-state index contributed by atoms with van der Waals surface area (Å²) in [5, 5.41) is 9.03. The molecule has 0 bridgehead atoms. The number of hydrogen-bond acceptors (Lipinski definition) is 10. The molecule has 3 aromatic rings. The fraction of sp³-hybridized carbons (Fsp3) is 0.286. The lowest BCUT2D eigenvalue weighted by atomic mass is 9.98. The molecule has 0 saturated carbocycles. The van der Waals surface area contributed by atoms with E-state index < -0.39 is 5.91 Å². The molecule has 1 aliphatic heterocycles. The van der Waals surface area contributed by atoms with Crippen LogP contribution in [-0.2, 0) is 16.1 Å². The summed E-state index contributed by atoms with van der Waals surface area (Å²) in [6.45, 7) is 4.40. The number of pyridine rings is 2. The number of nitrogens with zero attached hydrogens (tertiary/aromatic N) is 4. The highest BCUT2D eigenvalue weighted by Gasteiger charge is 2.24. The molecule has 1 aliphatic carbocycles. The Morgan fingerprint density at radius 1 is 1.30 bits per heavy atom. The first-order valence-corrected chi connectivity index (χ1v) is 14.5. The van der Waals surface area contributed by atoms with E-state index in [9.17, 15) is 14.5 Å². The van der Waals surface area contributed by atoms with Crippen LogP contribution in [0, 0.1) is 4.91 Å². The van der Waals surface area contributed by atoms with Crippen molar-refractivity contribution in [2.24, 2.45) is 5.18 Å². The molecule has 1 unspecified atom stereocenters. The van der Waals surface area contributed by atoms with Gasteiger partial charge in [0.05, 0.1) is 30.5 Å². The van der Waals surface area contributed by atoms with Gasteiger partial charge in [-0.05, 0) is 49.1 Å². The maximum absolute atomic E-state index is 13.1. The highest BCUT2D eigenvalue weighted by Crippen LogP contribution is 2.36. The van der Waals surface area contributed by atoms with Crippen LogP contribution in [0.1, 0.15) is 24.8 Å². The Bertz CT molecular complexity index is 1510. The summed E-state index contributed by atoms with van der Waals surface area (Å²) in [6, 6.07) is 11.4. The number of carbonyl (C=O) groups excluding carboxylic acids is 2. The smallest absolute Gasteiger partial charge is 0.301 e. The Labute approximate surface area is 240 Å².